The van der Waals surface area contributed by atoms with Crippen LogP contribution < -0.4 is 10.1 Å². The van der Waals surface area contributed by atoms with Crippen LogP contribution in [-0.2, 0) is 13.1 Å². The number of nitrogens with one attached hydrogen (secondary N) is 1. The minimum atomic E-state index is -0.164. The van der Waals surface area contributed by atoms with Gasteiger partial charge in [-0.3, -0.25) is 9.78 Å². The number of amides is 1. The van der Waals surface area contributed by atoms with Crippen molar-refractivity contribution < 1.29 is 9.53 Å². The fourth-order valence-electron chi connectivity index (χ4n) is 3.36. The SMILES string of the molecule is O=C(NCc1nc2ccccc2n1CCCCOc1ccc(Cl)cc1)c1cccnc1. The van der Waals surface area contributed by atoms with Gasteiger partial charge in [-0.2, -0.15) is 0 Å². The topological polar surface area (TPSA) is 69.0 Å². The molecule has 2 aromatic heterocycles. The molecule has 4 aromatic rings. The number of pyridine rings is 1. The first-order chi connectivity index (χ1) is 15.2. The Morgan fingerprint density at radius 2 is 1.87 bits per heavy atom. The first-order valence-corrected chi connectivity index (χ1v) is 10.6. The van der Waals surface area contributed by atoms with Crippen LogP contribution in [0.3, 0.4) is 0 Å². The van der Waals surface area contributed by atoms with Gasteiger partial charge in [0.2, 0.25) is 0 Å². The Kier molecular flexibility index (Phi) is 6.79. The summed E-state index contributed by atoms with van der Waals surface area (Å²) in [6, 6.07) is 18.9. The number of aromatic nitrogens is 3. The van der Waals surface area contributed by atoms with Crippen LogP contribution in [0.2, 0.25) is 5.02 Å². The number of nitrogens with zero attached hydrogens (tertiary/aromatic N) is 3. The molecule has 0 fully saturated rings. The molecular formula is C24H23ClN4O2. The van der Waals surface area contributed by atoms with Gasteiger partial charge in [0.05, 0.1) is 29.7 Å². The number of para-hydroxylation sites is 2. The van der Waals surface area contributed by atoms with Crippen LogP contribution in [0.25, 0.3) is 11.0 Å². The molecule has 6 nitrogen and oxygen atoms in total. The summed E-state index contributed by atoms with van der Waals surface area (Å²) in [6.45, 7) is 1.77. The van der Waals surface area contributed by atoms with Crippen molar-refractivity contribution in [2.45, 2.75) is 25.9 Å². The van der Waals surface area contributed by atoms with E-state index in [1.54, 1.807) is 24.5 Å². The highest BCUT2D eigenvalue weighted by Gasteiger charge is 2.12. The molecule has 158 valence electrons. The minimum absolute atomic E-state index is 0.164. The van der Waals surface area contributed by atoms with E-state index in [0.717, 1.165) is 42.0 Å². The Morgan fingerprint density at radius 3 is 2.68 bits per heavy atom. The van der Waals surface area contributed by atoms with Crippen molar-refractivity contribution >= 4 is 28.5 Å². The van der Waals surface area contributed by atoms with Crippen molar-refractivity contribution in [3.63, 3.8) is 0 Å². The number of hydrogen-bond donors (Lipinski definition) is 1. The average molecular weight is 435 g/mol. The van der Waals surface area contributed by atoms with E-state index < -0.39 is 0 Å². The zero-order chi connectivity index (χ0) is 21.5. The summed E-state index contributed by atoms with van der Waals surface area (Å²) < 4.78 is 7.95. The van der Waals surface area contributed by atoms with Crippen LogP contribution in [0, 0.1) is 0 Å². The van der Waals surface area contributed by atoms with E-state index >= 15 is 0 Å². The number of hydrogen-bond acceptors (Lipinski definition) is 4. The molecule has 1 N–H and O–H groups in total. The van der Waals surface area contributed by atoms with Crippen molar-refractivity contribution in [2.75, 3.05) is 6.61 Å². The van der Waals surface area contributed by atoms with Gasteiger partial charge in [0, 0.05) is 24.0 Å². The second-order valence-corrected chi connectivity index (χ2v) is 7.54. The fraction of sp³-hybridized carbons (Fsp3) is 0.208. The van der Waals surface area contributed by atoms with Gasteiger partial charge in [0.1, 0.15) is 11.6 Å². The molecule has 0 bridgehead atoms. The maximum absolute atomic E-state index is 12.4. The van der Waals surface area contributed by atoms with Gasteiger partial charge in [0.15, 0.2) is 0 Å². The van der Waals surface area contributed by atoms with Crippen molar-refractivity contribution in [3.05, 3.63) is 89.5 Å². The number of carbonyl (C=O) groups is 1. The zero-order valence-corrected chi connectivity index (χ0v) is 17.8. The second kappa shape index (κ2) is 10.1. The first kappa shape index (κ1) is 20.9. The van der Waals surface area contributed by atoms with E-state index in [1.165, 1.54) is 0 Å². The molecule has 0 saturated carbocycles. The van der Waals surface area contributed by atoms with Crippen LogP contribution in [0.5, 0.6) is 5.75 Å². The van der Waals surface area contributed by atoms with Gasteiger partial charge in [-0.25, -0.2) is 4.98 Å². The third kappa shape index (κ3) is 5.41. The molecule has 0 aliphatic rings. The van der Waals surface area contributed by atoms with Gasteiger partial charge in [-0.05, 0) is 61.4 Å². The van der Waals surface area contributed by atoms with Crippen molar-refractivity contribution in [1.29, 1.82) is 0 Å². The van der Waals surface area contributed by atoms with E-state index in [9.17, 15) is 4.79 Å². The van der Waals surface area contributed by atoms with E-state index in [2.05, 4.69) is 20.9 Å². The predicted octanol–water partition coefficient (Wildman–Crippen LogP) is 4.87. The number of carbonyl (C=O) groups excluding carboxylic acids is 1. The number of aryl methyl sites for hydroxylation is 1. The maximum Gasteiger partial charge on any atom is 0.253 e. The summed E-state index contributed by atoms with van der Waals surface area (Å²) in [5, 5.41) is 3.64. The van der Waals surface area contributed by atoms with Crippen molar-refractivity contribution in [3.8, 4) is 5.75 Å². The molecule has 0 unspecified atom stereocenters. The number of halogens is 1. The monoisotopic (exact) mass is 434 g/mol. The van der Waals surface area contributed by atoms with E-state index in [-0.39, 0.29) is 5.91 Å². The second-order valence-electron chi connectivity index (χ2n) is 7.10. The van der Waals surface area contributed by atoms with E-state index in [4.69, 9.17) is 21.3 Å². The quantitative estimate of drug-likeness (QED) is 0.381. The molecule has 7 heteroatoms. The molecule has 2 heterocycles. The van der Waals surface area contributed by atoms with E-state index in [0.29, 0.717) is 23.7 Å². The third-order valence-corrected chi connectivity index (χ3v) is 5.17. The third-order valence-electron chi connectivity index (χ3n) is 4.92. The summed E-state index contributed by atoms with van der Waals surface area (Å²) in [6.07, 6.45) is 5.03. The van der Waals surface area contributed by atoms with Gasteiger partial charge in [0.25, 0.3) is 5.91 Å². The highest BCUT2D eigenvalue weighted by atomic mass is 35.5. The van der Waals surface area contributed by atoms with Gasteiger partial charge >= 0.3 is 0 Å². The summed E-state index contributed by atoms with van der Waals surface area (Å²) in [5.41, 5.74) is 2.52. The zero-order valence-electron chi connectivity index (χ0n) is 17.0. The number of unbranched alkanes of at least 4 members (excludes halogenated alkanes) is 1. The molecule has 2 aromatic carbocycles. The predicted molar refractivity (Wildman–Crippen MR) is 121 cm³/mol. The van der Waals surface area contributed by atoms with Crippen molar-refractivity contribution in [1.82, 2.24) is 19.9 Å². The van der Waals surface area contributed by atoms with Crippen molar-refractivity contribution in [2.24, 2.45) is 0 Å². The normalized spacial score (nSPS) is 10.9. The molecule has 0 aliphatic carbocycles. The summed E-state index contributed by atoms with van der Waals surface area (Å²) in [5.74, 6) is 1.48. The highest BCUT2D eigenvalue weighted by molar-refractivity contribution is 6.30. The lowest BCUT2D eigenvalue weighted by molar-refractivity contribution is 0.0949. The number of rotatable bonds is 9. The van der Waals surface area contributed by atoms with Crippen LogP contribution >= 0.6 is 11.6 Å². The number of ether oxygens (including phenoxy) is 1. The molecule has 0 saturated heterocycles. The van der Waals surface area contributed by atoms with Gasteiger partial charge < -0.3 is 14.6 Å². The number of imidazole rings is 1. The molecular weight excluding hydrogens is 412 g/mol. The molecule has 1 amide bonds. The van der Waals surface area contributed by atoms with Crippen LogP contribution in [-0.4, -0.2) is 27.0 Å². The molecule has 31 heavy (non-hydrogen) atoms. The Bertz CT molecular complexity index is 1140. The molecule has 0 aliphatic heterocycles. The Labute approximate surface area is 185 Å². The molecule has 0 radical (unpaired) electrons. The lowest BCUT2D eigenvalue weighted by Crippen LogP contribution is -2.25. The van der Waals surface area contributed by atoms with Crippen LogP contribution in [0.15, 0.2) is 73.1 Å². The number of fused-ring (bicyclic) bond motifs is 1. The number of benzene rings is 2. The highest BCUT2D eigenvalue weighted by Crippen LogP contribution is 2.18. The standard InChI is InChI=1S/C24H23ClN4O2/c25-19-9-11-20(12-10-19)31-15-4-3-14-29-22-8-2-1-7-21(22)28-23(29)17-27-24(30)18-6-5-13-26-16-18/h1-2,5-13,16H,3-4,14-15,17H2,(H,27,30). The van der Waals surface area contributed by atoms with Crippen LogP contribution in [0.4, 0.5) is 0 Å². The Hall–Kier alpha value is -3.38. The van der Waals surface area contributed by atoms with Gasteiger partial charge in [-0.1, -0.05) is 23.7 Å². The maximum atomic E-state index is 12.4. The lowest BCUT2D eigenvalue weighted by Gasteiger charge is -2.11. The van der Waals surface area contributed by atoms with Gasteiger partial charge in [-0.15, -0.1) is 0 Å². The Balaban J connectivity index is 1.37. The minimum Gasteiger partial charge on any atom is -0.494 e. The fourth-order valence-corrected chi connectivity index (χ4v) is 3.49. The average Bonchev–Trinajstić information content (AvgIpc) is 3.16. The summed E-state index contributed by atoms with van der Waals surface area (Å²) in [7, 11) is 0. The summed E-state index contributed by atoms with van der Waals surface area (Å²) >= 11 is 5.90. The Morgan fingerprint density at radius 1 is 1.03 bits per heavy atom. The van der Waals surface area contributed by atoms with E-state index in [1.807, 2.05) is 42.5 Å². The largest absolute Gasteiger partial charge is 0.494 e. The lowest BCUT2D eigenvalue weighted by atomic mass is 10.2. The molecule has 0 atom stereocenters. The molecule has 0 spiro atoms. The first-order valence-electron chi connectivity index (χ1n) is 10.2. The van der Waals surface area contributed by atoms with Crippen LogP contribution in [0.1, 0.15) is 29.0 Å². The smallest absolute Gasteiger partial charge is 0.253 e. The summed E-state index contributed by atoms with van der Waals surface area (Å²) in [4.78, 5) is 21.1. The molecule has 4 rings (SSSR count).